The van der Waals surface area contributed by atoms with Crippen LogP contribution in [0.5, 0.6) is 0 Å². The van der Waals surface area contributed by atoms with Crippen LogP contribution >= 0.6 is 7.72 Å². The van der Waals surface area contributed by atoms with Crippen molar-refractivity contribution in [3.8, 4) is 0 Å². The Balaban J connectivity index is 4.35. The molecule has 0 aliphatic rings. The molecule has 0 amide bonds. The Hall–Kier alpha value is -0.510. The molecule has 0 saturated heterocycles. The predicted octanol–water partition coefficient (Wildman–Crippen LogP) is 0.271. The van der Waals surface area contributed by atoms with Gasteiger partial charge in [0.1, 0.15) is 5.66 Å². The Morgan fingerprint density at radius 3 is 2.38 bits per heavy atom. The van der Waals surface area contributed by atoms with E-state index in [0.717, 1.165) is 0 Å². The lowest BCUT2D eigenvalue weighted by atomic mass is 10.2. The van der Waals surface area contributed by atoms with Crippen LogP contribution in [0, 0.1) is 0 Å². The van der Waals surface area contributed by atoms with Crippen LogP contribution in [-0.4, -0.2) is 39.0 Å². The van der Waals surface area contributed by atoms with Crippen LogP contribution in [0.2, 0.25) is 0 Å². The van der Waals surface area contributed by atoms with E-state index in [1.54, 1.807) is 6.92 Å². The molecule has 0 aromatic carbocycles. The minimum atomic E-state index is -3.36. The van der Waals surface area contributed by atoms with Crippen molar-refractivity contribution in [3.63, 3.8) is 0 Å². The maximum absolute atomic E-state index is 10.3. The van der Waals surface area contributed by atoms with E-state index in [9.17, 15) is 19.4 Å². The van der Waals surface area contributed by atoms with E-state index in [-0.39, 0.29) is 12.6 Å². The fraction of sp³-hybridized carbons (Fsp3) is 0.714. The van der Waals surface area contributed by atoms with E-state index in [1.807, 2.05) is 0 Å². The summed E-state index contributed by atoms with van der Waals surface area (Å²) in [5.41, 5.74) is -0.699. The number of hydrogen-bond acceptors (Lipinski definition) is 4. The molecule has 0 aliphatic carbocycles. The molecule has 0 spiro atoms. The Kier molecular flexibility index (Phi) is 5.06. The van der Waals surface area contributed by atoms with E-state index >= 15 is 0 Å². The minimum Gasteiger partial charge on any atom is -0.481 e. The molecule has 3 N–H and O–H groups in total. The molecule has 0 aromatic heterocycles. The average Bonchev–Trinajstić information content (AvgIpc) is 1.99. The monoisotopic (exact) mass is 209 g/mol. The summed E-state index contributed by atoms with van der Waals surface area (Å²) < 4.78 is 0. The van der Waals surface area contributed by atoms with Gasteiger partial charge >= 0.3 is 5.97 Å². The number of carboxylic acids is 1. The summed E-state index contributed by atoms with van der Waals surface area (Å²) in [4.78, 5) is 39.2. The largest absolute Gasteiger partial charge is 0.481 e. The fourth-order valence-corrected chi connectivity index (χ4v) is 2.59. The Bertz CT molecular complexity index is 191. The lowest BCUT2D eigenvalue weighted by Gasteiger charge is -2.18. The second-order valence-electron chi connectivity index (χ2n) is 2.79. The molecule has 1 unspecified atom stereocenters. The van der Waals surface area contributed by atoms with E-state index in [4.69, 9.17) is 5.11 Å². The van der Waals surface area contributed by atoms with Gasteiger partial charge in [-0.1, -0.05) is 6.92 Å². The van der Waals surface area contributed by atoms with Gasteiger partial charge in [-0.25, -0.2) is 9.79 Å². The van der Waals surface area contributed by atoms with Gasteiger partial charge < -0.3 is 5.11 Å². The Morgan fingerprint density at radius 2 is 2.08 bits per heavy atom. The summed E-state index contributed by atoms with van der Waals surface area (Å²) in [5, 5.41) is 8.45. The zero-order valence-corrected chi connectivity index (χ0v) is 8.28. The van der Waals surface area contributed by atoms with Crippen molar-refractivity contribution in [2.75, 3.05) is 6.16 Å². The van der Waals surface area contributed by atoms with Gasteiger partial charge in [0.2, 0.25) is 0 Å². The number of hydrogen-bond donors (Lipinski definition) is 3. The third-order valence-electron chi connectivity index (χ3n) is 1.81. The minimum absolute atomic E-state index is 0.300. The molecule has 0 radical (unpaired) electrons. The SMILES string of the molecule is CCC(CC(=O)O)[P+](O)(O)CC=O. The lowest BCUT2D eigenvalue weighted by Crippen LogP contribution is -2.19. The maximum atomic E-state index is 10.3. The first-order valence-electron chi connectivity index (χ1n) is 3.92. The Morgan fingerprint density at radius 1 is 1.54 bits per heavy atom. The molecule has 5 nitrogen and oxygen atoms in total. The van der Waals surface area contributed by atoms with E-state index in [2.05, 4.69) is 0 Å². The molecule has 1 atom stereocenters. The van der Waals surface area contributed by atoms with Gasteiger partial charge in [0.25, 0.3) is 7.72 Å². The third kappa shape index (κ3) is 4.31. The number of rotatable bonds is 6. The maximum Gasteiger partial charge on any atom is 0.307 e. The van der Waals surface area contributed by atoms with Gasteiger partial charge in [0.05, 0.1) is 6.42 Å². The van der Waals surface area contributed by atoms with Gasteiger partial charge in [-0.2, -0.15) is 0 Å². The quantitative estimate of drug-likeness (QED) is 0.431. The van der Waals surface area contributed by atoms with Crippen molar-refractivity contribution in [2.45, 2.75) is 25.4 Å². The van der Waals surface area contributed by atoms with Gasteiger partial charge in [0.15, 0.2) is 12.4 Å². The normalized spacial score (nSPS) is 13.8. The van der Waals surface area contributed by atoms with Crippen molar-refractivity contribution in [3.05, 3.63) is 0 Å². The molecule has 13 heavy (non-hydrogen) atoms. The van der Waals surface area contributed by atoms with Crippen molar-refractivity contribution in [1.29, 1.82) is 0 Å². The van der Waals surface area contributed by atoms with Crippen molar-refractivity contribution in [2.24, 2.45) is 0 Å². The summed E-state index contributed by atoms with van der Waals surface area (Å²) in [6, 6.07) is 0. The third-order valence-corrected chi connectivity index (χ3v) is 4.21. The number of carbonyl (C=O) groups excluding carboxylic acids is 1. The highest BCUT2D eigenvalue weighted by Crippen LogP contribution is 2.56. The number of aliphatic carboxylic acids is 1. The molecular formula is C7H14O5P+. The highest BCUT2D eigenvalue weighted by atomic mass is 31.2. The first-order chi connectivity index (χ1) is 5.94. The lowest BCUT2D eigenvalue weighted by molar-refractivity contribution is -0.137. The molecule has 0 rings (SSSR count). The molecule has 76 valence electrons. The first-order valence-corrected chi connectivity index (χ1v) is 5.87. The summed E-state index contributed by atoms with van der Waals surface area (Å²) >= 11 is 0. The summed E-state index contributed by atoms with van der Waals surface area (Å²) in [5.74, 6) is -1.08. The van der Waals surface area contributed by atoms with Crippen LogP contribution < -0.4 is 0 Å². The smallest absolute Gasteiger partial charge is 0.307 e. The van der Waals surface area contributed by atoms with Crippen molar-refractivity contribution < 1.29 is 24.5 Å². The molecule has 0 saturated carbocycles. The van der Waals surface area contributed by atoms with Gasteiger partial charge in [-0.15, -0.1) is 0 Å². The average molecular weight is 209 g/mol. The van der Waals surface area contributed by atoms with Crippen LogP contribution in [0.15, 0.2) is 0 Å². The van der Waals surface area contributed by atoms with Crippen LogP contribution in [0.25, 0.3) is 0 Å². The van der Waals surface area contributed by atoms with Crippen LogP contribution in [0.3, 0.4) is 0 Å². The number of aldehydes is 1. The second kappa shape index (κ2) is 5.27. The molecule has 0 aliphatic heterocycles. The Labute approximate surface area is 76.9 Å². The summed E-state index contributed by atoms with van der Waals surface area (Å²) in [6.45, 7) is 1.67. The molecule has 6 heteroatoms. The van der Waals surface area contributed by atoms with E-state index in [1.165, 1.54) is 0 Å². The zero-order chi connectivity index (χ0) is 10.5. The van der Waals surface area contributed by atoms with Gasteiger partial charge in [0, 0.05) is 0 Å². The molecule has 0 fully saturated rings. The number of carboxylic acid groups (broad SMARTS) is 1. The van der Waals surface area contributed by atoms with Crippen LogP contribution in [-0.2, 0) is 9.59 Å². The fourth-order valence-electron chi connectivity index (χ4n) is 1.04. The molecule has 0 aromatic rings. The molecule has 0 bridgehead atoms. The van der Waals surface area contributed by atoms with E-state index < -0.39 is 19.3 Å². The van der Waals surface area contributed by atoms with E-state index in [0.29, 0.717) is 12.7 Å². The second-order valence-corrected chi connectivity index (χ2v) is 5.46. The van der Waals surface area contributed by atoms with Crippen molar-refractivity contribution in [1.82, 2.24) is 0 Å². The highest BCUT2D eigenvalue weighted by Gasteiger charge is 2.43. The molecule has 0 heterocycles. The topological polar surface area (TPSA) is 94.8 Å². The van der Waals surface area contributed by atoms with Crippen LogP contribution in [0.4, 0.5) is 0 Å². The zero-order valence-electron chi connectivity index (χ0n) is 7.38. The first kappa shape index (κ1) is 12.5. The predicted molar refractivity (Wildman–Crippen MR) is 48.6 cm³/mol. The standard InChI is InChI=1S/C7H13O5P/c1-2-6(5-7(9)10)13(11,12)4-3-8/h3,6,11-12H,2,4-5H2,1H3/p+1. The van der Waals surface area contributed by atoms with Gasteiger partial charge in [-0.05, 0) is 6.42 Å². The van der Waals surface area contributed by atoms with Crippen LogP contribution in [0.1, 0.15) is 19.8 Å². The highest BCUT2D eigenvalue weighted by molar-refractivity contribution is 7.66. The molecular weight excluding hydrogens is 195 g/mol. The van der Waals surface area contributed by atoms with Gasteiger partial charge in [-0.3, -0.25) is 9.59 Å². The van der Waals surface area contributed by atoms with Crippen molar-refractivity contribution >= 4 is 20.0 Å². The summed E-state index contributed by atoms with van der Waals surface area (Å²) in [6.07, 6.45) is 0.114. The number of carbonyl (C=O) groups is 2. The summed E-state index contributed by atoms with van der Waals surface area (Å²) in [7, 11) is -3.36.